The molecule has 3 aromatic carbocycles. The van der Waals surface area contributed by atoms with Crippen LogP contribution in [-0.2, 0) is 22.7 Å². The van der Waals surface area contributed by atoms with Crippen molar-refractivity contribution in [1.29, 1.82) is 0 Å². The number of rotatable bonds is 5. The fraction of sp³-hybridized carbons (Fsp3) is 0.240. The van der Waals surface area contributed by atoms with Gasteiger partial charge in [-0.1, -0.05) is 0 Å². The summed E-state index contributed by atoms with van der Waals surface area (Å²) in [7, 11) is -0.321. The Morgan fingerprint density at radius 3 is 1.97 bits per heavy atom. The normalized spacial score (nSPS) is 13.7. The molecule has 1 aliphatic heterocycles. The fourth-order valence-electron chi connectivity index (χ4n) is 3.88. The number of halogens is 2. The Bertz CT molecular complexity index is 1300. The molecule has 2 N–H and O–H groups in total. The van der Waals surface area contributed by atoms with Crippen molar-refractivity contribution in [3.05, 3.63) is 77.6 Å². The van der Waals surface area contributed by atoms with Crippen LogP contribution in [0.25, 0.3) is 0 Å². The van der Waals surface area contributed by atoms with E-state index in [4.69, 9.17) is 4.74 Å². The van der Waals surface area contributed by atoms with E-state index in [-0.39, 0.29) is 22.2 Å². The van der Waals surface area contributed by atoms with E-state index in [0.29, 0.717) is 17.1 Å². The molecule has 4 rings (SSSR count). The van der Waals surface area contributed by atoms with E-state index in [9.17, 15) is 17.6 Å². The number of nitrogens with one attached hydrogen (secondary N) is 2. The molecule has 3 aromatic rings. The molecule has 1 heterocycles. The first-order valence-electron chi connectivity index (χ1n) is 10.8. The molecular weight excluding hydrogens is 493 g/mol. The van der Waals surface area contributed by atoms with Crippen LogP contribution in [-0.4, -0.2) is 46.6 Å². The molecule has 0 aliphatic carbocycles. The van der Waals surface area contributed by atoms with Crippen LogP contribution in [0.1, 0.15) is 11.1 Å². The number of methoxy groups -OCH3 is 1. The molecule has 2 amide bonds. The molecule has 1 aliphatic rings. The van der Waals surface area contributed by atoms with Gasteiger partial charge in [-0.2, -0.15) is 0 Å². The number of sulfone groups is 1. The van der Waals surface area contributed by atoms with Gasteiger partial charge in [-0.05, 0) is 91.7 Å². The summed E-state index contributed by atoms with van der Waals surface area (Å²) >= 11 is 0. The van der Waals surface area contributed by atoms with Gasteiger partial charge in [0.2, 0.25) is 9.84 Å². The summed E-state index contributed by atoms with van der Waals surface area (Å²) in [6.45, 7) is 1.77. The van der Waals surface area contributed by atoms with Crippen molar-refractivity contribution < 1.29 is 22.3 Å². The molecule has 0 saturated heterocycles. The SMILES string of the molecule is COc1cc2c(cc1S(=O)(=O)c1ccc(NC(=O)Nc3ccc(F)cc3)cc1)CCN(C)CC2.Cl. The second-order valence-corrected chi connectivity index (χ2v) is 10.1. The topological polar surface area (TPSA) is 87.7 Å². The predicted octanol–water partition coefficient (Wildman–Crippen LogP) is 4.76. The minimum Gasteiger partial charge on any atom is -0.495 e. The number of carbonyl (C=O) groups is 1. The number of carbonyl (C=O) groups excluding carboxylic acids is 1. The van der Waals surface area contributed by atoms with Crippen LogP contribution in [0.4, 0.5) is 20.6 Å². The van der Waals surface area contributed by atoms with Gasteiger partial charge in [0.05, 0.1) is 12.0 Å². The highest BCUT2D eigenvalue weighted by Crippen LogP contribution is 2.34. The molecule has 0 saturated carbocycles. The van der Waals surface area contributed by atoms with Crippen LogP contribution >= 0.6 is 12.4 Å². The molecule has 0 aromatic heterocycles. The van der Waals surface area contributed by atoms with Crippen LogP contribution in [0.15, 0.2) is 70.5 Å². The van der Waals surface area contributed by atoms with Crippen molar-refractivity contribution in [2.24, 2.45) is 0 Å². The second-order valence-electron chi connectivity index (χ2n) is 8.19. The van der Waals surface area contributed by atoms with Crippen LogP contribution in [0.2, 0.25) is 0 Å². The number of hydrogen-bond donors (Lipinski definition) is 2. The predicted molar refractivity (Wildman–Crippen MR) is 136 cm³/mol. The first-order valence-corrected chi connectivity index (χ1v) is 12.3. The summed E-state index contributed by atoms with van der Waals surface area (Å²) in [5.41, 5.74) is 2.96. The molecule has 0 atom stereocenters. The summed E-state index contributed by atoms with van der Waals surface area (Å²) < 4.78 is 45.3. The van der Waals surface area contributed by atoms with Gasteiger partial charge in [0, 0.05) is 24.5 Å². The smallest absolute Gasteiger partial charge is 0.323 e. The Labute approximate surface area is 210 Å². The lowest BCUT2D eigenvalue weighted by Gasteiger charge is -2.15. The van der Waals surface area contributed by atoms with Crippen molar-refractivity contribution in [1.82, 2.24) is 4.90 Å². The number of hydrogen-bond acceptors (Lipinski definition) is 5. The number of amides is 2. The lowest BCUT2D eigenvalue weighted by Crippen LogP contribution is -2.20. The maximum Gasteiger partial charge on any atom is 0.323 e. The van der Waals surface area contributed by atoms with Gasteiger partial charge in [0.15, 0.2) is 0 Å². The molecular formula is C25H27ClFN3O4S. The van der Waals surface area contributed by atoms with Gasteiger partial charge in [0.1, 0.15) is 16.5 Å². The number of ether oxygens (including phenoxy) is 1. The molecule has 0 bridgehead atoms. The molecule has 0 radical (unpaired) electrons. The van der Waals surface area contributed by atoms with Crippen LogP contribution in [0.3, 0.4) is 0 Å². The summed E-state index contributed by atoms with van der Waals surface area (Å²) in [6, 6.07) is 14.3. The molecule has 7 nitrogen and oxygen atoms in total. The Kier molecular flexibility index (Phi) is 8.37. The first kappa shape index (κ1) is 26.5. The number of urea groups is 1. The molecule has 0 unspecified atom stereocenters. The standard InChI is InChI=1S/C25H26FN3O4S.ClH/c1-29-13-11-17-15-23(33-2)24(16-18(17)12-14-29)34(31,32)22-9-7-21(8-10-22)28-25(30)27-20-5-3-19(26)4-6-20;/h3-10,15-16H,11-14H2,1-2H3,(H2,27,28,30);1H. The zero-order chi connectivity index (χ0) is 24.3. The maximum absolute atomic E-state index is 13.4. The second kappa shape index (κ2) is 11.1. The number of benzene rings is 3. The molecule has 35 heavy (non-hydrogen) atoms. The molecule has 0 fully saturated rings. The van der Waals surface area contributed by atoms with E-state index in [1.54, 1.807) is 6.07 Å². The number of anilines is 2. The van der Waals surface area contributed by atoms with Crippen molar-refractivity contribution >= 4 is 39.7 Å². The van der Waals surface area contributed by atoms with Gasteiger partial charge in [-0.15, -0.1) is 12.4 Å². The lowest BCUT2D eigenvalue weighted by atomic mass is 10.0. The van der Waals surface area contributed by atoms with Crippen molar-refractivity contribution in [3.8, 4) is 5.75 Å². The van der Waals surface area contributed by atoms with Gasteiger partial charge in [0.25, 0.3) is 0 Å². The maximum atomic E-state index is 13.4. The first-order chi connectivity index (χ1) is 16.3. The average molecular weight is 520 g/mol. The van der Waals surface area contributed by atoms with Gasteiger partial charge in [-0.3, -0.25) is 0 Å². The van der Waals surface area contributed by atoms with E-state index in [1.807, 2.05) is 6.07 Å². The molecule has 0 spiro atoms. The zero-order valence-corrected chi connectivity index (χ0v) is 21.0. The van der Waals surface area contributed by atoms with Crippen molar-refractivity contribution in [2.75, 3.05) is 37.9 Å². The third-order valence-electron chi connectivity index (χ3n) is 5.83. The van der Waals surface area contributed by atoms with E-state index in [1.165, 1.54) is 55.6 Å². The van der Waals surface area contributed by atoms with E-state index >= 15 is 0 Å². The van der Waals surface area contributed by atoms with Crippen LogP contribution < -0.4 is 15.4 Å². The van der Waals surface area contributed by atoms with Gasteiger partial charge >= 0.3 is 6.03 Å². The minimum atomic E-state index is -3.84. The summed E-state index contributed by atoms with van der Waals surface area (Å²) in [6.07, 6.45) is 1.60. The number of fused-ring (bicyclic) bond motifs is 1. The monoisotopic (exact) mass is 519 g/mol. The average Bonchev–Trinajstić information content (AvgIpc) is 3.01. The largest absolute Gasteiger partial charge is 0.495 e. The quantitative estimate of drug-likeness (QED) is 0.507. The van der Waals surface area contributed by atoms with Crippen LogP contribution in [0, 0.1) is 5.82 Å². The van der Waals surface area contributed by atoms with E-state index < -0.39 is 21.7 Å². The summed E-state index contributed by atoms with van der Waals surface area (Å²) in [4.78, 5) is 14.6. The highest BCUT2D eigenvalue weighted by molar-refractivity contribution is 7.91. The summed E-state index contributed by atoms with van der Waals surface area (Å²) in [5, 5.41) is 5.22. The number of likely N-dealkylation sites (N-methyl/N-ethyl adjacent to an activating group) is 1. The third-order valence-corrected chi connectivity index (χ3v) is 7.62. The zero-order valence-electron chi connectivity index (χ0n) is 19.4. The Morgan fingerprint density at radius 2 is 1.43 bits per heavy atom. The van der Waals surface area contributed by atoms with Crippen LogP contribution in [0.5, 0.6) is 5.75 Å². The number of nitrogens with zero attached hydrogens (tertiary/aromatic N) is 1. The Morgan fingerprint density at radius 1 is 0.914 bits per heavy atom. The lowest BCUT2D eigenvalue weighted by molar-refractivity contribution is 0.262. The third kappa shape index (κ3) is 6.11. The molecule has 10 heteroatoms. The van der Waals surface area contributed by atoms with Crippen molar-refractivity contribution in [3.63, 3.8) is 0 Å². The highest BCUT2D eigenvalue weighted by Gasteiger charge is 2.25. The van der Waals surface area contributed by atoms with E-state index in [2.05, 4.69) is 22.6 Å². The molecule has 186 valence electrons. The highest BCUT2D eigenvalue weighted by atomic mass is 35.5. The Hall–Kier alpha value is -3.14. The minimum absolute atomic E-state index is 0. The van der Waals surface area contributed by atoms with E-state index in [0.717, 1.165) is 37.1 Å². The summed E-state index contributed by atoms with van der Waals surface area (Å²) in [5.74, 6) is -0.0783. The van der Waals surface area contributed by atoms with Gasteiger partial charge in [-0.25, -0.2) is 17.6 Å². The van der Waals surface area contributed by atoms with Gasteiger partial charge < -0.3 is 20.3 Å². The van der Waals surface area contributed by atoms with Crippen molar-refractivity contribution in [2.45, 2.75) is 22.6 Å². The Balaban J connectivity index is 0.00000342. The fourth-order valence-corrected chi connectivity index (χ4v) is 5.34.